The van der Waals surface area contributed by atoms with Gasteiger partial charge in [-0.2, -0.15) is 0 Å². The van der Waals surface area contributed by atoms with E-state index in [0.29, 0.717) is 18.7 Å². The van der Waals surface area contributed by atoms with Crippen LogP contribution >= 0.6 is 0 Å². The van der Waals surface area contributed by atoms with E-state index < -0.39 is 0 Å². The summed E-state index contributed by atoms with van der Waals surface area (Å²) in [5.74, 6) is 0.0784. The van der Waals surface area contributed by atoms with Crippen molar-refractivity contribution in [2.75, 3.05) is 19.8 Å². The lowest BCUT2D eigenvalue weighted by molar-refractivity contribution is -0.123. The summed E-state index contributed by atoms with van der Waals surface area (Å²) in [6, 6.07) is 7.27. The fourth-order valence-corrected chi connectivity index (χ4v) is 3.45. The summed E-state index contributed by atoms with van der Waals surface area (Å²) in [6.07, 6.45) is 3.83. The first-order valence-electron chi connectivity index (χ1n) is 8.99. The number of hydrogen-bond donors (Lipinski definition) is 1. The average molecular weight is 346 g/mol. The van der Waals surface area contributed by atoms with Gasteiger partial charge in [0.2, 0.25) is 5.91 Å². The Bertz CT molecular complexity index is 610. The number of ether oxygens (including phenoxy) is 2. The van der Waals surface area contributed by atoms with Crippen LogP contribution in [-0.4, -0.2) is 48.6 Å². The van der Waals surface area contributed by atoms with E-state index in [2.05, 4.69) is 0 Å². The molecule has 0 aromatic heterocycles. The molecule has 0 radical (unpaired) electrons. The SMILES string of the molecule is C[C@@H]1CC[C@@H](C(N)=O)CN1C(=O)c1ccc(OC[C@@H]2CCCO2)cc1. The van der Waals surface area contributed by atoms with Gasteiger partial charge >= 0.3 is 0 Å². The molecule has 3 rings (SSSR count). The number of likely N-dealkylation sites (tertiary alicyclic amines) is 1. The zero-order valence-electron chi connectivity index (χ0n) is 14.6. The fourth-order valence-electron chi connectivity index (χ4n) is 3.45. The molecule has 136 valence electrons. The monoisotopic (exact) mass is 346 g/mol. The van der Waals surface area contributed by atoms with Crippen LogP contribution in [0.2, 0.25) is 0 Å². The quantitative estimate of drug-likeness (QED) is 0.884. The molecule has 6 nitrogen and oxygen atoms in total. The largest absolute Gasteiger partial charge is 0.491 e. The zero-order chi connectivity index (χ0) is 17.8. The molecule has 25 heavy (non-hydrogen) atoms. The molecule has 1 aromatic rings. The molecule has 6 heteroatoms. The minimum atomic E-state index is -0.331. The predicted octanol–water partition coefficient (Wildman–Crippen LogP) is 1.97. The van der Waals surface area contributed by atoms with Crippen molar-refractivity contribution in [3.63, 3.8) is 0 Å². The lowest BCUT2D eigenvalue weighted by Gasteiger charge is -2.37. The highest BCUT2D eigenvalue weighted by atomic mass is 16.5. The van der Waals surface area contributed by atoms with Crippen molar-refractivity contribution >= 4 is 11.8 Å². The molecule has 2 aliphatic rings. The van der Waals surface area contributed by atoms with Gasteiger partial charge in [0.25, 0.3) is 5.91 Å². The van der Waals surface area contributed by atoms with Crippen molar-refractivity contribution in [2.45, 2.75) is 44.8 Å². The van der Waals surface area contributed by atoms with Gasteiger partial charge in [0.1, 0.15) is 12.4 Å². The summed E-state index contributed by atoms with van der Waals surface area (Å²) >= 11 is 0. The number of nitrogens with zero attached hydrogens (tertiary/aromatic N) is 1. The van der Waals surface area contributed by atoms with Crippen molar-refractivity contribution in [1.29, 1.82) is 0 Å². The number of carbonyl (C=O) groups excluding carboxylic acids is 2. The fraction of sp³-hybridized carbons (Fsp3) is 0.579. The third-order valence-electron chi connectivity index (χ3n) is 5.11. The number of primary amides is 1. The number of amides is 2. The van der Waals surface area contributed by atoms with Gasteiger partial charge in [-0.25, -0.2) is 0 Å². The van der Waals surface area contributed by atoms with E-state index >= 15 is 0 Å². The third kappa shape index (κ3) is 4.31. The van der Waals surface area contributed by atoms with Crippen molar-refractivity contribution in [2.24, 2.45) is 11.7 Å². The number of piperidine rings is 1. The van der Waals surface area contributed by atoms with Gasteiger partial charge in [-0.1, -0.05) is 0 Å². The Kier molecular flexibility index (Phi) is 5.58. The molecule has 0 bridgehead atoms. The molecule has 1 aromatic carbocycles. The second kappa shape index (κ2) is 7.87. The molecule has 0 unspecified atom stereocenters. The van der Waals surface area contributed by atoms with Gasteiger partial charge in [0.05, 0.1) is 12.0 Å². The summed E-state index contributed by atoms with van der Waals surface area (Å²) in [5, 5.41) is 0. The third-order valence-corrected chi connectivity index (χ3v) is 5.11. The van der Waals surface area contributed by atoms with E-state index in [0.717, 1.165) is 38.0 Å². The number of hydrogen-bond acceptors (Lipinski definition) is 4. The molecule has 2 aliphatic heterocycles. The van der Waals surface area contributed by atoms with Crippen LogP contribution in [0.25, 0.3) is 0 Å². The second-order valence-electron chi connectivity index (χ2n) is 6.95. The van der Waals surface area contributed by atoms with Crippen molar-refractivity contribution in [3.8, 4) is 5.75 Å². The molecule has 2 heterocycles. The van der Waals surface area contributed by atoms with Crippen LogP contribution in [0, 0.1) is 5.92 Å². The Labute approximate surface area is 148 Å². The van der Waals surface area contributed by atoms with E-state index in [1.807, 2.05) is 19.1 Å². The first-order valence-corrected chi connectivity index (χ1v) is 8.99. The molecule has 2 amide bonds. The Morgan fingerprint density at radius 1 is 1.24 bits per heavy atom. The van der Waals surface area contributed by atoms with Crippen molar-refractivity contribution in [3.05, 3.63) is 29.8 Å². The zero-order valence-corrected chi connectivity index (χ0v) is 14.6. The molecule has 3 atom stereocenters. The summed E-state index contributed by atoms with van der Waals surface area (Å²) in [5.41, 5.74) is 6.01. The van der Waals surface area contributed by atoms with Gasteiger partial charge in [-0.3, -0.25) is 9.59 Å². The van der Waals surface area contributed by atoms with Crippen LogP contribution < -0.4 is 10.5 Å². The van der Waals surface area contributed by atoms with Crippen molar-refractivity contribution in [1.82, 2.24) is 4.90 Å². The minimum Gasteiger partial charge on any atom is -0.491 e. The van der Waals surface area contributed by atoms with Gasteiger partial charge in [0.15, 0.2) is 0 Å². The maximum absolute atomic E-state index is 12.8. The predicted molar refractivity (Wildman–Crippen MR) is 93.3 cm³/mol. The van der Waals surface area contributed by atoms with Crippen molar-refractivity contribution < 1.29 is 19.1 Å². The summed E-state index contributed by atoms with van der Waals surface area (Å²) in [7, 11) is 0. The van der Waals surface area contributed by atoms with Gasteiger partial charge in [-0.15, -0.1) is 0 Å². The van der Waals surface area contributed by atoms with E-state index in [-0.39, 0.29) is 29.9 Å². The topological polar surface area (TPSA) is 81.9 Å². The summed E-state index contributed by atoms with van der Waals surface area (Å²) in [6.45, 7) is 3.75. The Hall–Kier alpha value is -2.08. The highest BCUT2D eigenvalue weighted by Gasteiger charge is 2.32. The normalized spacial score (nSPS) is 26.4. The van der Waals surface area contributed by atoms with Crippen LogP contribution in [0.3, 0.4) is 0 Å². The van der Waals surface area contributed by atoms with Crippen LogP contribution in [0.5, 0.6) is 5.75 Å². The number of nitrogens with two attached hydrogens (primary N) is 1. The minimum absolute atomic E-state index is 0.0656. The highest BCUT2D eigenvalue weighted by molar-refractivity contribution is 5.95. The van der Waals surface area contributed by atoms with E-state index in [9.17, 15) is 9.59 Å². The van der Waals surface area contributed by atoms with Crippen LogP contribution in [0.15, 0.2) is 24.3 Å². The molecular weight excluding hydrogens is 320 g/mol. The smallest absolute Gasteiger partial charge is 0.254 e. The van der Waals surface area contributed by atoms with Crippen LogP contribution in [-0.2, 0) is 9.53 Å². The molecule has 2 N–H and O–H groups in total. The number of benzene rings is 1. The van der Waals surface area contributed by atoms with Gasteiger partial charge < -0.3 is 20.1 Å². The first kappa shape index (κ1) is 17.7. The summed E-state index contributed by atoms with van der Waals surface area (Å²) in [4.78, 5) is 26.0. The standard InChI is InChI=1S/C19H26N2O4/c1-13-4-5-15(18(20)22)11-21(13)19(23)14-6-8-16(9-7-14)25-12-17-3-2-10-24-17/h6-9,13,15,17H,2-5,10-12H2,1H3,(H2,20,22)/t13-,15-,17+/m1/s1. The molecule has 2 fully saturated rings. The number of rotatable bonds is 5. The van der Waals surface area contributed by atoms with E-state index in [4.69, 9.17) is 15.2 Å². The molecule has 0 saturated carbocycles. The van der Waals surface area contributed by atoms with E-state index in [1.54, 1.807) is 17.0 Å². The highest BCUT2D eigenvalue weighted by Crippen LogP contribution is 2.24. The van der Waals surface area contributed by atoms with Crippen LogP contribution in [0.4, 0.5) is 0 Å². The molecule has 0 spiro atoms. The van der Waals surface area contributed by atoms with Gasteiger partial charge in [0, 0.05) is 24.8 Å². The average Bonchev–Trinajstić information content (AvgIpc) is 3.13. The Morgan fingerprint density at radius 2 is 2.00 bits per heavy atom. The second-order valence-corrected chi connectivity index (χ2v) is 6.95. The number of carbonyl (C=O) groups is 2. The van der Waals surface area contributed by atoms with E-state index in [1.165, 1.54) is 0 Å². The Balaban J connectivity index is 1.60. The first-order chi connectivity index (χ1) is 12.0. The maximum atomic E-state index is 12.8. The lowest BCUT2D eigenvalue weighted by Crippen LogP contribution is -2.48. The van der Waals surface area contributed by atoms with Gasteiger partial charge in [-0.05, 0) is 56.9 Å². The molecular formula is C19H26N2O4. The maximum Gasteiger partial charge on any atom is 0.254 e. The Morgan fingerprint density at radius 3 is 2.64 bits per heavy atom. The van der Waals surface area contributed by atoms with Crippen LogP contribution in [0.1, 0.15) is 43.0 Å². The molecule has 0 aliphatic carbocycles. The lowest BCUT2D eigenvalue weighted by atomic mass is 9.92. The molecule has 2 saturated heterocycles. The summed E-state index contributed by atoms with van der Waals surface area (Å²) < 4.78 is 11.3.